The van der Waals surface area contributed by atoms with Crippen molar-refractivity contribution in [2.75, 3.05) is 18.6 Å². The van der Waals surface area contributed by atoms with Crippen molar-refractivity contribution in [3.05, 3.63) is 52.1 Å². The Kier molecular flexibility index (Phi) is 4.99. The molecular weight excluding hydrogens is 496 g/mol. The zero-order chi connectivity index (χ0) is 24.5. The molecule has 1 saturated carbocycles. The zero-order valence-electron chi connectivity index (χ0n) is 18.5. The van der Waals surface area contributed by atoms with Gasteiger partial charge in [0.1, 0.15) is 5.75 Å². The molecule has 35 heavy (non-hydrogen) atoms. The van der Waals surface area contributed by atoms with E-state index in [0.29, 0.717) is 24.6 Å². The maximum absolute atomic E-state index is 13.7. The Morgan fingerprint density at radius 1 is 1.20 bits per heavy atom. The number of methoxy groups -OCH3 is 1. The van der Waals surface area contributed by atoms with Crippen LogP contribution in [0, 0.1) is 10.1 Å². The highest BCUT2D eigenvalue weighted by molar-refractivity contribution is 7.89. The van der Waals surface area contributed by atoms with Gasteiger partial charge in [-0.2, -0.15) is 0 Å². The number of benzene rings is 2. The SMILES string of the molecule is CO[C@H]1C[C@@H]2[C@H](C1)N(c1nc3c4c(ccc3s1)OCC4)C(=O)N2S(=O)(=O)c1ccccc1[N+](=O)[O-]. The molecule has 0 bridgehead atoms. The van der Waals surface area contributed by atoms with Crippen molar-refractivity contribution in [3.8, 4) is 5.75 Å². The number of amides is 2. The Hall–Kier alpha value is -3.29. The Bertz CT molecular complexity index is 1490. The number of fused-ring (bicyclic) bond motifs is 4. The number of carbonyl (C=O) groups is 1. The summed E-state index contributed by atoms with van der Waals surface area (Å²) in [5, 5.41) is 11.9. The number of thiazole rings is 1. The molecule has 0 radical (unpaired) electrons. The summed E-state index contributed by atoms with van der Waals surface area (Å²) in [5.74, 6) is 0.765. The van der Waals surface area contributed by atoms with Crippen molar-refractivity contribution in [2.45, 2.75) is 42.3 Å². The van der Waals surface area contributed by atoms with Crippen molar-refractivity contribution < 1.29 is 27.6 Å². The number of hydrogen-bond donors (Lipinski definition) is 0. The smallest absolute Gasteiger partial charge is 0.340 e. The summed E-state index contributed by atoms with van der Waals surface area (Å²) in [6.07, 6.45) is 1.15. The monoisotopic (exact) mass is 516 g/mol. The molecule has 3 heterocycles. The number of ether oxygens (including phenoxy) is 2. The van der Waals surface area contributed by atoms with E-state index in [1.54, 1.807) is 7.11 Å². The molecule has 2 fully saturated rings. The van der Waals surface area contributed by atoms with Crippen molar-refractivity contribution in [3.63, 3.8) is 0 Å². The summed E-state index contributed by atoms with van der Waals surface area (Å²) in [6, 6.07) is 6.81. The summed E-state index contributed by atoms with van der Waals surface area (Å²) in [7, 11) is -2.99. The van der Waals surface area contributed by atoms with E-state index in [0.717, 1.165) is 38.0 Å². The Balaban J connectivity index is 1.47. The molecule has 2 aliphatic heterocycles. The average Bonchev–Trinajstić information content (AvgIpc) is 3.60. The van der Waals surface area contributed by atoms with Gasteiger partial charge in [-0.25, -0.2) is 22.5 Å². The lowest BCUT2D eigenvalue weighted by Crippen LogP contribution is -2.41. The third-order valence-corrected chi connectivity index (χ3v) is 9.71. The first-order chi connectivity index (χ1) is 16.8. The molecule has 2 amide bonds. The number of nitro benzene ring substituents is 1. The lowest BCUT2D eigenvalue weighted by atomic mass is 10.1. The van der Waals surface area contributed by atoms with Gasteiger partial charge in [-0.1, -0.05) is 23.5 Å². The minimum absolute atomic E-state index is 0.268. The van der Waals surface area contributed by atoms with E-state index >= 15 is 0 Å². The van der Waals surface area contributed by atoms with E-state index < -0.39 is 43.6 Å². The van der Waals surface area contributed by atoms with Gasteiger partial charge in [-0.3, -0.25) is 15.0 Å². The minimum atomic E-state index is -4.53. The van der Waals surface area contributed by atoms with Gasteiger partial charge in [-0.15, -0.1) is 0 Å². The quantitative estimate of drug-likeness (QED) is 0.373. The van der Waals surface area contributed by atoms with E-state index in [1.807, 2.05) is 12.1 Å². The van der Waals surface area contributed by atoms with Gasteiger partial charge in [0.15, 0.2) is 10.0 Å². The van der Waals surface area contributed by atoms with Crippen LogP contribution in [-0.4, -0.2) is 60.6 Å². The Morgan fingerprint density at radius 2 is 1.97 bits per heavy atom. The van der Waals surface area contributed by atoms with Crippen LogP contribution >= 0.6 is 11.3 Å². The highest BCUT2D eigenvalue weighted by atomic mass is 32.2. The van der Waals surface area contributed by atoms with Gasteiger partial charge >= 0.3 is 6.03 Å². The second-order valence-electron chi connectivity index (χ2n) is 8.63. The van der Waals surface area contributed by atoms with E-state index in [9.17, 15) is 23.3 Å². The fourth-order valence-corrected chi connectivity index (χ4v) is 8.05. The van der Waals surface area contributed by atoms with Crippen LogP contribution in [0.1, 0.15) is 18.4 Å². The van der Waals surface area contributed by atoms with Crippen LogP contribution in [0.15, 0.2) is 41.3 Å². The molecule has 11 nitrogen and oxygen atoms in total. The van der Waals surface area contributed by atoms with Crippen LogP contribution in [0.25, 0.3) is 10.2 Å². The van der Waals surface area contributed by atoms with Crippen LogP contribution in [0.2, 0.25) is 0 Å². The van der Waals surface area contributed by atoms with Crippen LogP contribution in [-0.2, 0) is 21.2 Å². The largest absolute Gasteiger partial charge is 0.493 e. The summed E-state index contributed by atoms with van der Waals surface area (Å²) < 4.78 is 40.2. The molecule has 6 rings (SSSR count). The summed E-state index contributed by atoms with van der Waals surface area (Å²) in [6.45, 7) is 0.562. The van der Waals surface area contributed by atoms with Crippen molar-refractivity contribution in [1.29, 1.82) is 0 Å². The predicted octanol–water partition coefficient (Wildman–Crippen LogP) is 3.32. The van der Waals surface area contributed by atoms with Gasteiger partial charge in [0.25, 0.3) is 15.7 Å². The molecule has 2 aromatic carbocycles. The third-order valence-electron chi connectivity index (χ3n) is 6.84. The molecule has 182 valence electrons. The fourth-order valence-electron chi connectivity index (χ4n) is 5.26. The van der Waals surface area contributed by atoms with Gasteiger partial charge in [0, 0.05) is 25.2 Å². The Morgan fingerprint density at radius 3 is 2.74 bits per heavy atom. The second kappa shape index (κ2) is 7.86. The van der Waals surface area contributed by atoms with Gasteiger partial charge in [0.05, 0.1) is 39.9 Å². The van der Waals surface area contributed by atoms with Crippen molar-refractivity contribution in [2.24, 2.45) is 0 Å². The number of nitro groups is 1. The molecule has 0 N–H and O–H groups in total. The molecular formula is C22H20N4O7S2. The number of hydrogen-bond acceptors (Lipinski definition) is 9. The second-order valence-corrected chi connectivity index (χ2v) is 11.4. The molecule has 3 aliphatic rings. The molecule has 3 aromatic rings. The number of nitrogens with zero attached hydrogens (tertiary/aromatic N) is 4. The van der Waals surface area contributed by atoms with Crippen LogP contribution < -0.4 is 9.64 Å². The average molecular weight is 517 g/mol. The summed E-state index contributed by atoms with van der Waals surface area (Å²) in [5.41, 5.74) is 1.14. The van der Waals surface area contributed by atoms with Crippen LogP contribution in [0.3, 0.4) is 0 Å². The number of anilines is 1. The summed E-state index contributed by atoms with van der Waals surface area (Å²) in [4.78, 5) is 30.2. The highest BCUT2D eigenvalue weighted by Crippen LogP contribution is 2.46. The lowest BCUT2D eigenvalue weighted by molar-refractivity contribution is -0.387. The van der Waals surface area contributed by atoms with Crippen LogP contribution in [0.4, 0.5) is 15.6 Å². The molecule has 13 heteroatoms. The summed E-state index contributed by atoms with van der Waals surface area (Å²) >= 11 is 1.31. The molecule has 0 spiro atoms. The molecule has 1 aromatic heterocycles. The molecule has 1 aliphatic carbocycles. The first-order valence-corrected chi connectivity index (χ1v) is 13.3. The van der Waals surface area contributed by atoms with Gasteiger partial charge in [-0.05, 0) is 31.0 Å². The Labute approximate surface area is 204 Å². The highest BCUT2D eigenvalue weighted by Gasteiger charge is 2.57. The first kappa shape index (κ1) is 22.2. The molecule has 0 unspecified atom stereocenters. The van der Waals surface area contributed by atoms with Crippen molar-refractivity contribution >= 4 is 48.4 Å². The number of urea groups is 1. The van der Waals surface area contributed by atoms with E-state index in [2.05, 4.69) is 0 Å². The minimum Gasteiger partial charge on any atom is -0.493 e. The van der Waals surface area contributed by atoms with Crippen LogP contribution in [0.5, 0.6) is 5.75 Å². The number of sulfonamides is 1. The standard InChI is InChI=1S/C22H20N4O7S2/c1-32-12-10-15-16(11-12)25(35(30,31)19-5-3-2-4-14(19)26(28)29)22(27)24(15)21-23-20-13-8-9-33-17(13)6-7-18(20)34-21/h2-7,12,15-16H,8-11H2,1H3/t12-,15+,16-/m1/s1. The fraction of sp³-hybridized carbons (Fsp3) is 0.364. The van der Waals surface area contributed by atoms with Gasteiger partial charge < -0.3 is 9.47 Å². The van der Waals surface area contributed by atoms with Gasteiger partial charge in [0.2, 0.25) is 0 Å². The van der Waals surface area contributed by atoms with E-state index in [1.165, 1.54) is 28.4 Å². The van der Waals surface area contributed by atoms with E-state index in [4.69, 9.17) is 14.5 Å². The normalized spacial score (nSPS) is 23.6. The lowest BCUT2D eigenvalue weighted by Gasteiger charge is -2.22. The topological polar surface area (TPSA) is 132 Å². The first-order valence-electron chi connectivity index (χ1n) is 11.0. The molecule has 1 saturated heterocycles. The van der Waals surface area contributed by atoms with Crippen molar-refractivity contribution in [1.82, 2.24) is 9.29 Å². The number of rotatable bonds is 5. The number of carbonyl (C=O) groups excluding carboxylic acids is 1. The predicted molar refractivity (Wildman–Crippen MR) is 126 cm³/mol. The maximum Gasteiger partial charge on any atom is 0.340 e. The van der Waals surface area contributed by atoms with E-state index in [-0.39, 0.29) is 12.5 Å². The number of para-hydroxylation sites is 1. The maximum atomic E-state index is 13.7. The number of aromatic nitrogens is 1. The third kappa shape index (κ3) is 3.22. The molecule has 3 atom stereocenters. The zero-order valence-corrected chi connectivity index (χ0v) is 20.1.